The highest BCUT2D eigenvalue weighted by Gasteiger charge is 2.56. The Balaban J connectivity index is 0.900. The number of rotatable bonds is 10. The maximum atomic E-state index is 16.7. The molecule has 2 bridgehead atoms. The third-order valence-corrected chi connectivity index (χ3v) is 14.9. The molecule has 6 atom stereocenters. The van der Waals surface area contributed by atoms with E-state index in [4.69, 9.17) is 9.72 Å². The van der Waals surface area contributed by atoms with Gasteiger partial charge in [0.1, 0.15) is 23.7 Å². The molecule has 2 aromatic heterocycles. The van der Waals surface area contributed by atoms with Gasteiger partial charge in [0.05, 0.1) is 42.1 Å². The highest BCUT2D eigenvalue weighted by molar-refractivity contribution is 5.89. The van der Waals surface area contributed by atoms with E-state index in [1.807, 2.05) is 56.9 Å². The number of likely N-dealkylation sites (N-methyl/N-ethyl adjacent to an activating group) is 1. The summed E-state index contributed by atoms with van der Waals surface area (Å²) in [6.07, 6.45) is 5.14. The fourth-order valence-electron chi connectivity index (χ4n) is 11.3. The molecule has 2 aliphatic heterocycles. The molecule has 4 amide bonds. The van der Waals surface area contributed by atoms with Gasteiger partial charge in [-0.15, -0.1) is 0 Å². The summed E-state index contributed by atoms with van der Waals surface area (Å²) in [6, 6.07) is 13.6. The molecule has 5 aromatic rings. The Hall–Kier alpha value is -6.32. The summed E-state index contributed by atoms with van der Waals surface area (Å²) < 4.78 is 38.2. The van der Waals surface area contributed by atoms with Crippen LogP contribution in [0.1, 0.15) is 101 Å². The first-order valence-corrected chi connectivity index (χ1v) is 22.6. The number of methoxy groups -OCH3 is 1. The molecule has 1 spiro atoms. The van der Waals surface area contributed by atoms with Crippen LogP contribution in [0.5, 0.6) is 0 Å². The number of halogens is 2. The quantitative estimate of drug-likeness (QED) is 0.108. The standard InChI is InChI=1S/C49H54F2N8O6/c1-24(2)39(56-46(62)65-6)44(60)59-30-11-7-29(17-30)41(59)43-53-35-14-10-27(20-36(35)54-43)26-8-12-31-32-13-9-28(19-34(32)49(50,51)33(31)18-26)37-22-52-42(55-37)38-21-48(15-16-48)23-58(38)45(61)40(25(3)4)57(5)47(63)64/h8-10,12-14,18-20,22,24-25,29-30,38-41H,7,11,15-17,21,23H2,1-6H3,(H,52,55)(H,53,54)(H,56,62)(H,63,64)/t29-,30+,38-,39-,40+,41-/m0/s1. The monoisotopic (exact) mass is 888 g/mol. The first-order chi connectivity index (χ1) is 31.0. The molecule has 4 fully saturated rings. The number of amides is 4. The Kier molecular flexibility index (Phi) is 10.1. The molecule has 10 rings (SSSR count). The van der Waals surface area contributed by atoms with Crippen LogP contribution >= 0.6 is 0 Å². The Morgan fingerprint density at radius 3 is 2.23 bits per heavy atom. The number of nitrogens with one attached hydrogen (secondary N) is 3. The normalized spacial score (nSPS) is 23.0. The molecule has 2 saturated heterocycles. The second-order valence-corrected chi connectivity index (χ2v) is 19.7. The lowest BCUT2D eigenvalue weighted by molar-refractivity contribution is -0.139. The molecule has 0 radical (unpaired) electrons. The molecule has 5 aliphatic rings. The third-order valence-electron chi connectivity index (χ3n) is 14.9. The number of benzene rings is 3. The van der Waals surface area contributed by atoms with E-state index in [1.54, 1.807) is 35.4 Å². The number of H-pyrrole nitrogens is 2. The van der Waals surface area contributed by atoms with Gasteiger partial charge in [0.2, 0.25) is 11.8 Å². The zero-order valence-electron chi connectivity index (χ0n) is 37.3. The van der Waals surface area contributed by atoms with E-state index in [1.165, 1.54) is 20.2 Å². The lowest BCUT2D eigenvalue weighted by Gasteiger charge is -2.37. The Labute approximate surface area is 375 Å². The van der Waals surface area contributed by atoms with E-state index in [2.05, 4.69) is 20.3 Å². The minimum atomic E-state index is -3.30. The number of piperidine rings is 1. The maximum Gasteiger partial charge on any atom is 0.407 e. The molecule has 2 saturated carbocycles. The lowest BCUT2D eigenvalue weighted by atomic mass is 9.95. The number of carbonyl (C=O) groups excluding carboxylic acids is 3. The van der Waals surface area contributed by atoms with Crippen molar-refractivity contribution in [3.8, 4) is 33.5 Å². The van der Waals surface area contributed by atoms with Crippen molar-refractivity contribution in [3.63, 3.8) is 0 Å². The second-order valence-electron chi connectivity index (χ2n) is 19.7. The maximum absolute atomic E-state index is 16.7. The summed E-state index contributed by atoms with van der Waals surface area (Å²) >= 11 is 0. The van der Waals surface area contributed by atoms with Gasteiger partial charge in [0.15, 0.2) is 0 Å². The molecule has 0 unspecified atom stereocenters. The van der Waals surface area contributed by atoms with Crippen molar-refractivity contribution < 1.29 is 37.8 Å². The predicted octanol–water partition coefficient (Wildman–Crippen LogP) is 8.86. The molecule has 3 aliphatic carbocycles. The van der Waals surface area contributed by atoms with Crippen molar-refractivity contribution in [2.45, 2.75) is 102 Å². The fourth-order valence-corrected chi connectivity index (χ4v) is 11.3. The van der Waals surface area contributed by atoms with Crippen LogP contribution < -0.4 is 5.32 Å². The largest absolute Gasteiger partial charge is 0.465 e. The van der Waals surface area contributed by atoms with Crippen molar-refractivity contribution >= 4 is 35.0 Å². The van der Waals surface area contributed by atoms with Crippen LogP contribution in [0.15, 0.2) is 60.8 Å². The number of fused-ring (bicyclic) bond motifs is 6. The first kappa shape index (κ1) is 42.6. The van der Waals surface area contributed by atoms with Crippen LogP contribution in [0, 0.1) is 23.2 Å². The van der Waals surface area contributed by atoms with Crippen molar-refractivity contribution in [1.82, 2.24) is 40.0 Å². The van der Waals surface area contributed by atoms with Crippen molar-refractivity contribution in [2.75, 3.05) is 20.7 Å². The number of likely N-dealkylation sites (tertiary alicyclic amines) is 2. The number of hydrogen-bond acceptors (Lipinski definition) is 7. The second kappa shape index (κ2) is 15.4. The zero-order valence-corrected chi connectivity index (χ0v) is 37.3. The van der Waals surface area contributed by atoms with Crippen LogP contribution in [0.2, 0.25) is 0 Å². The van der Waals surface area contributed by atoms with E-state index >= 15 is 8.78 Å². The van der Waals surface area contributed by atoms with E-state index in [0.29, 0.717) is 58.1 Å². The Morgan fingerprint density at radius 2 is 1.57 bits per heavy atom. The van der Waals surface area contributed by atoms with Gasteiger partial charge in [-0.3, -0.25) is 14.5 Å². The number of ether oxygens (including phenoxy) is 1. The smallest absolute Gasteiger partial charge is 0.407 e. The van der Waals surface area contributed by atoms with Gasteiger partial charge in [-0.05, 0) is 108 Å². The predicted molar refractivity (Wildman–Crippen MR) is 238 cm³/mol. The van der Waals surface area contributed by atoms with Crippen molar-refractivity contribution in [3.05, 3.63) is 83.6 Å². The van der Waals surface area contributed by atoms with Gasteiger partial charge in [-0.1, -0.05) is 58.0 Å². The van der Waals surface area contributed by atoms with Gasteiger partial charge >= 0.3 is 12.2 Å². The van der Waals surface area contributed by atoms with Gasteiger partial charge in [0.25, 0.3) is 5.92 Å². The summed E-state index contributed by atoms with van der Waals surface area (Å²) in [5.74, 6) is -2.71. The van der Waals surface area contributed by atoms with Crippen LogP contribution in [-0.2, 0) is 20.2 Å². The fraction of sp³-hybridized carbons (Fsp3) is 0.469. The van der Waals surface area contributed by atoms with Crippen molar-refractivity contribution in [1.29, 1.82) is 0 Å². The Morgan fingerprint density at radius 1 is 0.892 bits per heavy atom. The molecule has 4 N–H and O–H groups in total. The van der Waals surface area contributed by atoms with E-state index < -0.39 is 36.2 Å². The number of carbonyl (C=O) groups is 4. The van der Waals surface area contributed by atoms with Crippen LogP contribution in [0.4, 0.5) is 18.4 Å². The number of aromatic nitrogens is 4. The lowest BCUT2D eigenvalue weighted by Crippen LogP contribution is -2.54. The molecule has 3 aromatic carbocycles. The van der Waals surface area contributed by atoms with Crippen LogP contribution in [0.25, 0.3) is 44.5 Å². The third kappa shape index (κ3) is 7.01. The molecular weight excluding hydrogens is 835 g/mol. The first-order valence-electron chi connectivity index (χ1n) is 22.6. The summed E-state index contributed by atoms with van der Waals surface area (Å²) in [5, 5.41) is 12.5. The van der Waals surface area contributed by atoms with Gasteiger partial charge in [-0.25, -0.2) is 19.6 Å². The number of alkyl carbamates (subject to hydrolysis) is 1. The molecule has 65 heavy (non-hydrogen) atoms. The van der Waals surface area contributed by atoms with Gasteiger partial charge in [0, 0.05) is 36.3 Å². The summed E-state index contributed by atoms with van der Waals surface area (Å²) in [6.45, 7) is 7.97. The summed E-state index contributed by atoms with van der Waals surface area (Å²) in [4.78, 5) is 73.4. The van der Waals surface area contributed by atoms with Gasteiger partial charge in [-0.2, -0.15) is 8.78 Å². The highest BCUT2D eigenvalue weighted by atomic mass is 19.3. The number of aromatic amines is 2. The molecular formula is C49H54F2N8O6. The average Bonchev–Trinajstić information content (AvgIpc) is 3.94. The number of hydrogen-bond donors (Lipinski definition) is 4. The Bertz CT molecular complexity index is 2760. The van der Waals surface area contributed by atoms with E-state index in [-0.39, 0.29) is 58.2 Å². The molecule has 4 heterocycles. The minimum absolute atomic E-state index is 0.0210. The SMILES string of the molecule is COC(=O)N[C@H](C(=O)N1[C@@H]2CC[C@@H](C2)[C@H]1c1nc2ccc(-c3ccc4c(c3)C(F)(F)c3cc(-c5cnc([C@@H]6CC7(CC7)CN6C(=O)[C@@H](C(C)C)N(C)C(=O)O)[nH]5)ccc3-4)cc2[nH]1)C(C)C. The van der Waals surface area contributed by atoms with E-state index in [9.17, 15) is 24.3 Å². The average molecular weight is 889 g/mol. The summed E-state index contributed by atoms with van der Waals surface area (Å²) in [5.41, 5.74) is 4.55. The molecule has 340 valence electrons. The van der Waals surface area contributed by atoms with E-state index in [0.717, 1.165) is 48.1 Å². The van der Waals surface area contributed by atoms with Crippen LogP contribution in [0.3, 0.4) is 0 Å². The van der Waals surface area contributed by atoms with Crippen LogP contribution in [-0.4, -0.2) is 103 Å². The number of nitrogens with zero attached hydrogens (tertiary/aromatic N) is 5. The topological polar surface area (TPSA) is 177 Å². The highest BCUT2D eigenvalue weighted by Crippen LogP contribution is 2.59. The van der Waals surface area contributed by atoms with Gasteiger partial charge < -0.3 is 34.9 Å². The molecule has 14 nitrogen and oxygen atoms in total. The van der Waals surface area contributed by atoms with Crippen molar-refractivity contribution in [2.24, 2.45) is 23.2 Å². The molecule has 16 heteroatoms. The minimum Gasteiger partial charge on any atom is -0.465 e. The number of alkyl halides is 2. The zero-order chi connectivity index (χ0) is 45.9. The number of imidazole rings is 2. The summed E-state index contributed by atoms with van der Waals surface area (Å²) in [7, 11) is 2.70. The number of carboxylic acid groups (broad SMARTS) is 1.